The number of nitrogens with one attached hydrogen (secondary N) is 1. The van der Waals surface area contributed by atoms with Crippen LogP contribution in [-0.4, -0.2) is 31.3 Å². The summed E-state index contributed by atoms with van der Waals surface area (Å²) in [6, 6.07) is 2.07. The molecule has 0 saturated heterocycles. The van der Waals surface area contributed by atoms with Gasteiger partial charge in [0.25, 0.3) is 0 Å². The van der Waals surface area contributed by atoms with E-state index < -0.39 is 0 Å². The van der Waals surface area contributed by atoms with Crippen LogP contribution in [0.4, 0.5) is 5.82 Å². The zero-order valence-corrected chi connectivity index (χ0v) is 12.4. The summed E-state index contributed by atoms with van der Waals surface area (Å²) in [5.74, 6) is 1.42. The Bertz CT molecular complexity index is 726. The summed E-state index contributed by atoms with van der Waals surface area (Å²) in [7, 11) is 0. The Balaban J connectivity index is 1.80. The highest BCUT2D eigenvalue weighted by Crippen LogP contribution is 2.24. The molecule has 7 nitrogen and oxygen atoms in total. The van der Waals surface area contributed by atoms with Crippen LogP contribution in [0, 0.1) is 0 Å². The fourth-order valence-electron chi connectivity index (χ4n) is 2.02. The number of fused-ring (bicyclic) bond motifs is 1. The highest BCUT2D eigenvalue weighted by Gasteiger charge is 2.19. The molecule has 0 atom stereocenters. The minimum absolute atomic E-state index is 0.00699. The normalized spacial score (nSPS) is 12.0. The molecular formula is C14H18N6O. The van der Waals surface area contributed by atoms with Crippen LogP contribution in [0.3, 0.4) is 0 Å². The fraction of sp³-hybridized carbons (Fsp3) is 0.429. The molecule has 0 fully saturated rings. The monoisotopic (exact) mass is 286 g/mol. The van der Waals surface area contributed by atoms with E-state index in [1.165, 1.54) is 6.33 Å². The van der Waals surface area contributed by atoms with E-state index in [0.29, 0.717) is 18.9 Å². The van der Waals surface area contributed by atoms with Gasteiger partial charge < -0.3 is 9.84 Å². The quantitative estimate of drug-likeness (QED) is 0.790. The van der Waals surface area contributed by atoms with Crippen LogP contribution in [0.1, 0.15) is 32.4 Å². The van der Waals surface area contributed by atoms with Gasteiger partial charge in [0.05, 0.1) is 5.69 Å². The molecular weight excluding hydrogens is 268 g/mol. The van der Waals surface area contributed by atoms with Crippen LogP contribution in [0.15, 0.2) is 29.3 Å². The minimum atomic E-state index is 0.00699. The van der Waals surface area contributed by atoms with Gasteiger partial charge in [0, 0.05) is 30.8 Å². The average Bonchev–Trinajstić information content (AvgIpc) is 3.06. The Morgan fingerprint density at radius 1 is 1.29 bits per heavy atom. The molecule has 3 rings (SSSR count). The molecule has 0 aromatic carbocycles. The highest BCUT2D eigenvalue weighted by atomic mass is 16.5. The third-order valence-electron chi connectivity index (χ3n) is 3.20. The van der Waals surface area contributed by atoms with Gasteiger partial charge in [-0.05, 0) is 6.07 Å². The van der Waals surface area contributed by atoms with Crippen molar-refractivity contribution in [2.45, 2.75) is 32.6 Å². The largest absolute Gasteiger partial charge is 0.368 e. The second kappa shape index (κ2) is 5.16. The molecule has 0 aliphatic rings. The van der Waals surface area contributed by atoms with E-state index in [1.54, 1.807) is 6.20 Å². The van der Waals surface area contributed by atoms with Crippen LogP contribution < -0.4 is 5.32 Å². The average molecular weight is 286 g/mol. The number of nitrogens with zero attached hydrogens (tertiary/aromatic N) is 5. The van der Waals surface area contributed by atoms with Crippen molar-refractivity contribution in [3.8, 4) is 0 Å². The first kappa shape index (κ1) is 13.5. The molecule has 3 aromatic rings. The van der Waals surface area contributed by atoms with Crippen LogP contribution in [0.2, 0.25) is 0 Å². The van der Waals surface area contributed by atoms with E-state index >= 15 is 0 Å². The predicted octanol–water partition coefficient (Wildman–Crippen LogP) is 2.06. The first-order valence-electron chi connectivity index (χ1n) is 6.88. The van der Waals surface area contributed by atoms with Crippen molar-refractivity contribution >= 4 is 11.3 Å². The summed E-state index contributed by atoms with van der Waals surface area (Å²) in [5, 5.41) is 11.5. The molecule has 3 heterocycles. The summed E-state index contributed by atoms with van der Waals surface area (Å²) in [4.78, 5) is 8.37. The third kappa shape index (κ3) is 2.86. The topological polar surface area (TPSA) is 81.1 Å². The lowest BCUT2D eigenvalue weighted by molar-refractivity contribution is 0.379. The minimum Gasteiger partial charge on any atom is -0.368 e. The summed E-state index contributed by atoms with van der Waals surface area (Å²) in [5.41, 5.74) is 2.01. The maximum Gasteiger partial charge on any atom is 0.228 e. The summed E-state index contributed by atoms with van der Waals surface area (Å²) < 4.78 is 6.82. The fourth-order valence-corrected chi connectivity index (χ4v) is 2.02. The number of aromatic nitrogens is 5. The lowest BCUT2D eigenvalue weighted by atomic mass is 9.92. The molecule has 1 N–H and O–H groups in total. The second-order valence-electron chi connectivity index (χ2n) is 5.90. The molecule has 110 valence electrons. The van der Waals surface area contributed by atoms with E-state index in [2.05, 4.69) is 52.4 Å². The van der Waals surface area contributed by atoms with Gasteiger partial charge in [0.1, 0.15) is 5.52 Å². The van der Waals surface area contributed by atoms with Gasteiger partial charge in [-0.2, -0.15) is 10.1 Å². The molecule has 0 aliphatic carbocycles. The maximum absolute atomic E-state index is 4.97. The first-order chi connectivity index (χ1) is 10.0. The molecule has 0 bridgehead atoms. The number of rotatable bonds is 4. The first-order valence-corrected chi connectivity index (χ1v) is 6.88. The van der Waals surface area contributed by atoms with Crippen molar-refractivity contribution in [3.05, 3.63) is 36.4 Å². The van der Waals surface area contributed by atoms with Crippen LogP contribution in [0.5, 0.6) is 0 Å². The molecule has 21 heavy (non-hydrogen) atoms. The molecule has 0 aliphatic heterocycles. The molecule has 0 saturated carbocycles. The number of anilines is 1. The van der Waals surface area contributed by atoms with Gasteiger partial charge in [-0.15, -0.1) is 0 Å². The summed E-state index contributed by atoms with van der Waals surface area (Å²) in [6.07, 6.45) is 5.65. The van der Waals surface area contributed by atoms with Crippen molar-refractivity contribution in [1.29, 1.82) is 0 Å². The van der Waals surface area contributed by atoms with E-state index in [0.717, 1.165) is 17.0 Å². The van der Waals surface area contributed by atoms with Gasteiger partial charge in [-0.1, -0.05) is 25.9 Å². The smallest absolute Gasteiger partial charge is 0.228 e. The lowest BCUT2D eigenvalue weighted by Gasteiger charge is -2.13. The van der Waals surface area contributed by atoms with Gasteiger partial charge in [0.2, 0.25) is 5.89 Å². The van der Waals surface area contributed by atoms with E-state index in [9.17, 15) is 0 Å². The lowest BCUT2D eigenvalue weighted by Crippen LogP contribution is -2.11. The summed E-state index contributed by atoms with van der Waals surface area (Å²) >= 11 is 0. The Morgan fingerprint density at radius 2 is 2.14 bits per heavy atom. The standard InChI is InChI=1S/C14H18N6O/c1-14(2,3)11-8-10-13(16-6-7-20(10)19-11)15-5-4-12-17-9-18-21-12/h6-9H,4-5H2,1-3H3,(H,15,16). The Labute approximate surface area is 122 Å². The Kier molecular flexibility index (Phi) is 3.32. The zero-order chi connectivity index (χ0) is 14.9. The SMILES string of the molecule is CC(C)(C)c1cc2c(NCCc3ncno3)nccn2n1. The van der Waals surface area contributed by atoms with Crippen molar-refractivity contribution in [2.24, 2.45) is 0 Å². The molecule has 0 spiro atoms. The molecule has 0 amide bonds. The third-order valence-corrected chi connectivity index (χ3v) is 3.20. The highest BCUT2D eigenvalue weighted by molar-refractivity contribution is 5.68. The number of hydrogen-bond acceptors (Lipinski definition) is 6. The predicted molar refractivity (Wildman–Crippen MR) is 78.2 cm³/mol. The Morgan fingerprint density at radius 3 is 2.86 bits per heavy atom. The molecule has 3 aromatic heterocycles. The van der Waals surface area contributed by atoms with Crippen molar-refractivity contribution in [3.63, 3.8) is 0 Å². The van der Waals surface area contributed by atoms with Gasteiger partial charge in [-0.3, -0.25) is 0 Å². The van der Waals surface area contributed by atoms with Crippen LogP contribution >= 0.6 is 0 Å². The van der Waals surface area contributed by atoms with Gasteiger partial charge >= 0.3 is 0 Å². The second-order valence-corrected chi connectivity index (χ2v) is 5.90. The van der Waals surface area contributed by atoms with E-state index in [4.69, 9.17) is 4.52 Å². The van der Waals surface area contributed by atoms with E-state index in [-0.39, 0.29) is 5.41 Å². The van der Waals surface area contributed by atoms with Crippen LogP contribution in [0.25, 0.3) is 5.52 Å². The van der Waals surface area contributed by atoms with Crippen LogP contribution in [-0.2, 0) is 11.8 Å². The Hall–Kier alpha value is -2.44. The molecule has 0 radical (unpaired) electrons. The maximum atomic E-state index is 4.97. The van der Waals surface area contributed by atoms with Crippen molar-refractivity contribution in [1.82, 2.24) is 24.7 Å². The number of hydrogen-bond donors (Lipinski definition) is 1. The zero-order valence-electron chi connectivity index (χ0n) is 12.4. The van der Waals surface area contributed by atoms with Gasteiger partial charge in [0.15, 0.2) is 12.1 Å². The van der Waals surface area contributed by atoms with Crippen molar-refractivity contribution in [2.75, 3.05) is 11.9 Å². The molecule has 7 heteroatoms. The van der Waals surface area contributed by atoms with Crippen molar-refractivity contribution < 1.29 is 4.52 Å². The molecule has 0 unspecified atom stereocenters. The summed E-state index contributed by atoms with van der Waals surface area (Å²) in [6.45, 7) is 7.10. The van der Waals surface area contributed by atoms with Gasteiger partial charge in [-0.25, -0.2) is 9.50 Å². The van der Waals surface area contributed by atoms with E-state index in [1.807, 2.05) is 10.7 Å².